The van der Waals surface area contributed by atoms with Crippen LogP contribution in [0.15, 0.2) is 18.2 Å². The van der Waals surface area contributed by atoms with Crippen molar-refractivity contribution in [2.75, 3.05) is 0 Å². The van der Waals surface area contributed by atoms with Gasteiger partial charge in [-0.05, 0) is 104 Å². The van der Waals surface area contributed by atoms with Crippen molar-refractivity contribution < 1.29 is 13.2 Å². The molecule has 2 fully saturated rings. The minimum atomic E-state index is -4.22. The molecule has 27 heavy (non-hydrogen) atoms. The molecule has 0 heterocycles. The molecular weight excluding hydrogens is 345 g/mol. The van der Waals surface area contributed by atoms with Crippen molar-refractivity contribution in [3.05, 3.63) is 34.9 Å². The van der Waals surface area contributed by atoms with E-state index in [1.54, 1.807) is 6.07 Å². The zero-order valence-electron chi connectivity index (χ0n) is 16.5. The van der Waals surface area contributed by atoms with E-state index in [9.17, 15) is 13.2 Å². The van der Waals surface area contributed by atoms with Crippen LogP contribution in [0.1, 0.15) is 81.4 Å². The summed E-state index contributed by atoms with van der Waals surface area (Å²) in [5, 5.41) is 0. The molecule has 4 rings (SSSR count). The Hall–Kier alpha value is -0.990. The van der Waals surface area contributed by atoms with Gasteiger partial charge in [0.1, 0.15) is 0 Å². The van der Waals surface area contributed by atoms with Crippen LogP contribution in [0.2, 0.25) is 0 Å². The number of benzene rings is 1. The summed E-state index contributed by atoms with van der Waals surface area (Å²) >= 11 is 0. The molecule has 0 N–H and O–H groups in total. The molecular formula is C24H33F3. The highest BCUT2D eigenvalue weighted by atomic mass is 19.4. The van der Waals surface area contributed by atoms with Gasteiger partial charge >= 0.3 is 6.18 Å². The zero-order valence-corrected chi connectivity index (χ0v) is 16.5. The summed E-state index contributed by atoms with van der Waals surface area (Å²) in [7, 11) is 0. The molecule has 0 saturated heterocycles. The fourth-order valence-electron chi connectivity index (χ4n) is 6.48. The van der Waals surface area contributed by atoms with Crippen molar-refractivity contribution in [1.82, 2.24) is 0 Å². The minimum Gasteiger partial charge on any atom is -0.166 e. The van der Waals surface area contributed by atoms with E-state index in [0.717, 1.165) is 48.5 Å². The Kier molecular flexibility index (Phi) is 5.58. The van der Waals surface area contributed by atoms with Crippen LogP contribution < -0.4 is 0 Å². The summed E-state index contributed by atoms with van der Waals surface area (Å²) in [6.45, 7) is 2.31. The Bertz CT molecular complexity index is 648. The summed E-state index contributed by atoms with van der Waals surface area (Å²) in [6, 6.07) is 4.44. The monoisotopic (exact) mass is 378 g/mol. The third kappa shape index (κ3) is 4.22. The second-order valence-corrected chi connectivity index (χ2v) is 9.55. The normalized spacial score (nSPS) is 34.0. The number of hydrogen-bond donors (Lipinski definition) is 0. The first-order valence-corrected chi connectivity index (χ1v) is 11.1. The summed E-state index contributed by atoms with van der Waals surface area (Å²) in [4.78, 5) is 0. The quantitative estimate of drug-likeness (QED) is 0.512. The summed E-state index contributed by atoms with van der Waals surface area (Å²) < 4.78 is 38.9. The van der Waals surface area contributed by atoms with Crippen LogP contribution in [0.4, 0.5) is 13.2 Å². The zero-order chi connectivity index (χ0) is 19.0. The lowest BCUT2D eigenvalue weighted by Crippen LogP contribution is -2.35. The Balaban J connectivity index is 1.38. The molecule has 3 heteroatoms. The van der Waals surface area contributed by atoms with Crippen molar-refractivity contribution in [3.8, 4) is 0 Å². The van der Waals surface area contributed by atoms with E-state index in [1.807, 2.05) is 0 Å². The van der Waals surface area contributed by atoms with Gasteiger partial charge < -0.3 is 0 Å². The highest BCUT2D eigenvalue weighted by Gasteiger charge is 2.39. The van der Waals surface area contributed by atoms with Crippen LogP contribution in [0.3, 0.4) is 0 Å². The van der Waals surface area contributed by atoms with Gasteiger partial charge in [0.25, 0.3) is 0 Å². The van der Waals surface area contributed by atoms with E-state index in [4.69, 9.17) is 0 Å². The molecule has 0 nitrogen and oxygen atoms in total. The molecule has 0 aromatic heterocycles. The molecule has 3 aliphatic rings. The summed E-state index contributed by atoms with van der Waals surface area (Å²) in [5.41, 5.74) is 1.63. The largest absolute Gasteiger partial charge is 0.416 e. The summed E-state index contributed by atoms with van der Waals surface area (Å²) in [6.07, 6.45) is 9.83. The second kappa shape index (κ2) is 7.79. The van der Waals surface area contributed by atoms with Gasteiger partial charge in [-0.3, -0.25) is 0 Å². The van der Waals surface area contributed by atoms with Gasteiger partial charge in [-0.15, -0.1) is 0 Å². The molecule has 0 amide bonds. The molecule has 0 radical (unpaired) electrons. The Morgan fingerprint density at radius 2 is 1.56 bits per heavy atom. The first kappa shape index (κ1) is 19.3. The first-order chi connectivity index (χ1) is 12.9. The van der Waals surface area contributed by atoms with Crippen LogP contribution in [-0.4, -0.2) is 0 Å². The van der Waals surface area contributed by atoms with Gasteiger partial charge in [0.05, 0.1) is 5.56 Å². The number of rotatable bonds is 3. The second-order valence-electron chi connectivity index (χ2n) is 9.55. The lowest BCUT2D eigenvalue weighted by Gasteiger charge is -2.45. The lowest BCUT2D eigenvalue weighted by molar-refractivity contribution is -0.137. The molecule has 1 aromatic carbocycles. The first-order valence-electron chi connectivity index (χ1n) is 11.1. The fraction of sp³-hybridized carbons (Fsp3) is 0.750. The van der Waals surface area contributed by atoms with Crippen LogP contribution in [-0.2, 0) is 19.0 Å². The Labute approximate surface area is 161 Å². The van der Waals surface area contributed by atoms with Gasteiger partial charge in [-0.1, -0.05) is 32.3 Å². The van der Waals surface area contributed by atoms with Gasteiger partial charge in [0.15, 0.2) is 0 Å². The van der Waals surface area contributed by atoms with Crippen LogP contribution >= 0.6 is 0 Å². The minimum absolute atomic E-state index is 0.482. The molecule has 5 atom stereocenters. The van der Waals surface area contributed by atoms with E-state index in [-0.39, 0.29) is 0 Å². The molecule has 0 spiro atoms. The third-order valence-corrected chi connectivity index (χ3v) is 7.93. The number of fused-ring (bicyclic) bond motifs is 2. The standard InChI is InChI=1S/C24H33F3/c1-2-3-16-4-5-18-13-19(7-6-17(18)12-16)20-8-9-22-15-23(24(25,26)27)11-10-21(22)14-20/h10-11,15-20H,2-9,12-14H2,1H3. The SMILES string of the molecule is CCCC1CCC2CC(C3CCc4cc(C(F)(F)F)ccc4C3)CCC2C1. The van der Waals surface area contributed by atoms with Crippen molar-refractivity contribution in [3.63, 3.8) is 0 Å². The average Bonchev–Trinajstić information content (AvgIpc) is 2.66. The van der Waals surface area contributed by atoms with Gasteiger partial charge in [-0.2, -0.15) is 13.2 Å². The van der Waals surface area contributed by atoms with Crippen molar-refractivity contribution in [1.29, 1.82) is 0 Å². The van der Waals surface area contributed by atoms with Crippen LogP contribution in [0, 0.1) is 29.6 Å². The molecule has 5 unspecified atom stereocenters. The predicted octanol–water partition coefficient (Wildman–Crippen LogP) is 7.44. The lowest BCUT2D eigenvalue weighted by atomic mass is 9.61. The molecule has 150 valence electrons. The van der Waals surface area contributed by atoms with E-state index >= 15 is 0 Å². The number of aryl methyl sites for hydroxylation is 1. The molecule has 0 aliphatic heterocycles. The van der Waals surface area contributed by atoms with Crippen molar-refractivity contribution in [2.24, 2.45) is 29.6 Å². The van der Waals surface area contributed by atoms with Crippen molar-refractivity contribution >= 4 is 0 Å². The van der Waals surface area contributed by atoms with E-state index in [2.05, 4.69) is 6.92 Å². The van der Waals surface area contributed by atoms with Gasteiger partial charge in [0.2, 0.25) is 0 Å². The fourth-order valence-corrected chi connectivity index (χ4v) is 6.48. The maximum atomic E-state index is 13.0. The Morgan fingerprint density at radius 3 is 2.30 bits per heavy atom. The van der Waals surface area contributed by atoms with Crippen molar-refractivity contribution in [2.45, 2.75) is 83.7 Å². The average molecular weight is 379 g/mol. The molecule has 3 aliphatic carbocycles. The van der Waals surface area contributed by atoms with Crippen LogP contribution in [0.5, 0.6) is 0 Å². The Morgan fingerprint density at radius 1 is 0.852 bits per heavy atom. The van der Waals surface area contributed by atoms with Gasteiger partial charge in [0, 0.05) is 0 Å². The summed E-state index contributed by atoms with van der Waals surface area (Å²) in [5.74, 6) is 4.33. The third-order valence-electron chi connectivity index (χ3n) is 7.93. The topological polar surface area (TPSA) is 0 Å². The predicted molar refractivity (Wildman–Crippen MR) is 104 cm³/mol. The van der Waals surface area contributed by atoms with E-state index in [0.29, 0.717) is 5.92 Å². The van der Waals surface area contributed by atoms with Gasteiger partial charge in [-0.25, -0.2) is 0 Å². The number of hydrogen-bond acceptors (Lipinski definition) is 0. The maximum absolute atomic E-state index is 13.0. The highest BCUT2D eigenvalue weighted by Crippen LogP contribution is 2.49. The van der Waals surface area contributed by atoms with E-state index in [1.165, 1.54) is 69.1 Å². The number of alkyl halides is 3. The maximum Gasteiger partial charge on any atom is 0.416 e. The molecule has 2 saturated carbocycles. The number of halogens is 3. The van der Waals surface area contributed by atoms with Crippen LogP contribution in [0.25, 0.3) is 0 Å². The highest BCUT2D eigenvalue weighted by molar-refractivity contribution is 5.35. The van der Waals surface area contributed by atoms with E-state index < -0.39 is 11.7 Å². The molecule has 1 aromatic rings. The smallest absolute Gasteiger partial charge is 0.166 e. The molecule has 0 bridgehead atoms.